The molecule has 2 N–H and O–H groups in total. The van der Waals surface area contributed by atoms with E-state index in [1.165, 1.54) is 6.07 Å². The molecular formula is C17H20FN3O2. The Morgan fingerprint density at radius 2 is 2.26 bits per heavy atom. The Bertz CT molecular complexity index is 773. The molecule has 0 bridgehead atoms. The zero-order valence-electron chi connectivity index (χ0n) is 13.1. The Kier molecular flexibility index (Phi) is 4.43. The van der Waals surface area contributed by atoms with Crippen LogP contribution in [0.5, 0.6) is 5.75 Å². The van der Waals surface area contributed by atoms with Crippen molar-refractivity contribution in [3.8, 4) is 5.75 Å². The van der Waals surface area contributed by atoms with E-state index in [-0.39, 0.29) is 11.3 Å². The summed E-state index contributed by atoms with van der Waals surface area (Å²) in [6.07, 6.45) is 2.39. The highest BCUT2D eigenvalue weighted by Gasteiger charge is 2.22. The molecule has 0 unspecified atom stereocenters. The number of aromatic hydroxyl groups is 1. The van der Waals surface area contributed by atoms with Crippen LogP contribution in [0.4, 0.5) is 4.39 Å². The second-order valence-electron chi connectivity index (χ2n) is 5.90. The van der Waals surface area contributed by atoms with Crippen molar-refractivity contribution < 1.29 is 9.50 Å². The van der Waals surface area contributed by atoms with Gasteiger partial charge in [-0.3, -0.25) is 9.69 Å². The van der Waals surface area contributed by atoms with Crippen molar-refractivity contribution in [2.45, 2.75) is 39.3 Å². The fourth-order valence-electron chi connectivity index (χ4n) is 2.95. The minimum atomic E-state index is -0.622. The molecule has 122 valence electrons. The number of fused-ring (bicyclic) bond motifs is 1. The number of aryl methyl sites for hydroxylation is 1. The van der Waals surface area contributed by atoms with Crippen LogP contribution in [0.2, 0.25) is 0 Å². The summed E-state index contributed by atoms with van der Waals surface area (Å²) < 4.78 is 13.4. The van der Waals surface area contributed by atoms with Gasteiger partial charge >= 0.3 is 0 Å². The molecule has 0 aliphatic carbocycles. The van der Waals surface area contributed by atoms with Crippen LogP contribution in [-0.2, 0) is 25.9 Å². The van der Waals surface area contributed by atoms with E-state index in [0.717, 1.165) is 30.9 Å². The molecular weight excluding hydrogens is 297 g/mol. The number of para-hydroxylation sites is 1. The molecule has 2 heterocycles. The molecule has 1 aromatic carbocycles. The number of phenolic OH excluding ortho intramolecular Hbond substituents is 1. The smallest absolute Gasteiger partial charge is 0.255 e. The van der Waals surface area contributed by atoms with Crippen LogP contribution in [0.1, 0.15) is 36.0 Å². The molecule has 0 spiro atoms. The van der Waals surface area contributed by atoms with E-state index < -0.39 is 5.82 Å². The molecule has 1 aliphatic heterocycles. The number of aromatic nitrogens is 2. The molecule has 23 heavy (non-hydrogen) atoms. The molecule has 5 nitrogen and oxygen atoms in total. The average Bonchev–Trinajstić information content (AvgIpc) is 2.53. The largest absolute Gasteiger partial charge is 0.505 e. The zero-order valence-corrected chi connectivity index (χ0v) is 13.1. The van der Waals surface area contributed by atoms with Crippen molar-refractivity contribution >= 4 is 0 Å². The first kappa shape index (κ1) is 15.7. The number of phenols is 1. The fraction of sp³-hybridized carbons (Fsp3) is 0.412. The van der Waals surface area contributed by atoms with E-state index >= 15 is 0 Å². The van der Waals surface area contributed by atoms with Gasteiger partial charge in [0.15, 0.2) is 11.6 Å². The molecule has 0 atom stereocenters. The third-order valence-electron chi connectivity index (χ3n) is 4.15. The first-order valence-corrected chi connectivity index (χ1v) is 7.88. The molecule has 0 saturated carbocycles. The molecule has 2 aromatic rings. The molecule has 0 radical (unpaired) electrons. The van der Waals surface area contributed by atoms with Gasteiger partial charge in [-0.25, -0.2) is 9.37 Å². The molecule has 0 amide bonds. The van der Waals surface area contributed by atoms with Gasteiger partial charge in [0.1, 0.15) is 5.82 Å². The van der Waals surface area contributed by atoms with Crippen LogP contribution < -0.4 is 5.56 Å². The van der Waals surface area contributed by atoms with Gasteiger partial charge in [0.05, 0.1) is 11.3 Å². The van der Waals surface area contributed by atoms with Crippen LogP contribution in [0.25, 0.3) is 0 Å². The summed E-state index contributed by atoms with van der Waals surface area (Å²) in [4.78, 5) is 21.7. The molecule has 3 rings (SSSR count). The van der Waals surface area contributed by atoms with Gasteiger partial charge in [0.25, 0.3) is 5.56 Å². The minimum absolute atomic E-state index is 0.0911. The summed E-state index contributed by atoms with van der Waals surface area (Å²) in [7, 11) is 0. The number of rotatable bonds is 4. The van der Waals surface area contributed by atoms with Gasteiger partial charge in [-0.05, 0) is 12.5 Å². The number of hydrogen-bond donors (Lipinski definition) is 2. The fourth-order valence-corrected chi connectivity index (χ4v) is 2.95. The number of nitrogens with zero attached hydrogens (tertiary/aromatic N) is 2. The normalized spacial score (nSPS) is 14.7. The summed E-state index contributed by atoms with van der Waals surface area (Å²) in [6, 6.07) is 4.50. The highest BCUT2D eigenvalue weighted by molar-refractivity contribution is 5.33. The summed E-state index contributed by atoms with van der Waals surface area (Å²) >= 11 is 0. The number of H-pyrrole nitrogens is 1. The van der Waals surface area contributed by atoms with Gasteiger partial charge < -0.3 is 10.1 Å². The quantitative estimate of drug-likeness (QED) is 0.906. The van der Waals surface area contributed by atoms with Crippen LogP contribution >= 0.6 is 0 Å². The lowest BCUT2D eigenvalue weighted by atomic mass is 10.1. The van der Waals surface area contributed by atoms with E-state index in [2.05, 4.69) is 9.97 Å². The summed E-state index contributed by atoms with van der Waals surface area (Å²) in [6.45, 7) is 3.64. The highest BCUT2D eigenvalue weighted by atomic mass is 19.1. The summed E-state index contributed by atoms with van der Waals surface area (Å²) in [5.74, 6) is -0.195. The third kappa shape index (κ3) is 3.27. The van der Waals surface area contributed by atoms with E-state index in [0.29, 0.717) is 30.6 Å². The monoisotopic (exact) mass is 317 g/mol. The maximum Gasteiger partial charge on any atom is 0.255 e. The molecule has 1 aliphatic rings. The highest BCUT2D eigenvalue weighted by Crippen LogP contribution is 2.24. The number of halogens is 1. The molecule has 6 heteroatoms. The number of benzene rings is 1. The molecule has 0 saturated heterocycles. The maximum atomic E-state index is 13.4. The van der Waals surface area contributed by atoms with Crippen LogP contribution in [0.15, 0.2) is 23.0 Å². The topological polar surface area (TPSA) is 69.2 Å². The predicted molar refractivity (Wildman–Crippen MR) is 84.7 cm³/mol. The first-order valence-electron chi connectivity index (χ1n) is 7.88. The Morgan fingerprint density at radius 3 is 3.04 bits per heavy atom. The Balaban J connectivity index is 1.80. The summed E-state index contributed by atoms with van der Waals surface area (Å²) in [5.41, 5.74) is 1.97. The maximum absolute atomic E-state index is 13.4. The van der Waals surface area contributed by atoms with E-state index in [1.807, 2.05) is 11.8 Å². The van der Waals surface area contributed by atoms with Gasteiger partial charge in [-0.15, -0.1) is 0 Å². The van der Waals surface area contributed by atoms with Crippen LogP contribution in [-0.4, -0.2) is 26.5 Å². The van der Waals surface area contributed by atoms with Crippen molar-refractivity contribution in [3.05, 3.63) is 57.0 Å². The number of hydrogen-bond acceptors (Lipinski definition) is 4. The average molecular weight is 317 g/mol. The molecule has 1 aromatic heterocycles. The Labute approximate surface area is 133 Å². The lowest BCUT2D eigenvalue weighted by molar-refractivity contribution is 0.237. The standard InChI is InChI=1S/C17H20FN3O2/c1-2-4-15-19-14-7-8-21(10-12(14)17(23)20-15)9-11-5-3-6-13(18)16(11)22/h3,5-6,22H,2,4,7-10H2,1H3,(H,19,20,23). The Hall–Kier alpha value is -2.21. The second kappa shape index (κ2) is 6.50. The van der Waals surface area contributed by atoms with Crippen molar-refractivity contribution in [2.75, 3.05) is 6.54 Å². The lowest BCUT2D eigenvalue weighted by Gasteiger charge is -2.28. The zero-order chi connectivity index (χ0) is 16.4. The van der Waals surface area contributed by atoms with E-state index in [9.17, 15) is 14.3 Å². The van der Waals surface area contributed by atoms with Gasteiger partial charge in [0.2, 0.25) is 0 Å². The first-order chi connectivity index (χ1) is 11.1. The van der Waals surface area contributed by atoms with Crippen LogP contribution in [0, 0.1) is 5.82 Å². The summed E-state index contributed by atoms with van der Waals surface area (Å²) in [5, 5.41) is 9.79. The Morgan fingerprint density at radius 1 is 1.43 bits per heavy atom. The van der Waals surface area contributed by atoms with Gasteiger partial charge in [0, 0.05) is 38.0 Å². The minimum Gasteiger partial charge on any atom is -0.505 e. The van der Waals surface area contributed by atoms with Crippen molar-refractivity contribution in [2.24, 2.45) is 0 Å². The van der Waals surface area contributed by atoms with Crippen molar-refractivity contribution in [3.63, 3.8) is 0 Å². The van der Waals surface area contributed by atoms with E-state index in [1.54, 1.807) is 12.1 Å². The second-order valence-corrected chi connectivity index (χ2v) is 5.90. The SMILES string of the molecule is CCCc1nc2c(c(=O)[nH]1)CN(Cc1cccc(F)c1O)CC2. The predicted octanol–water partition coefficient (Wildman–Crippen LogP) is 2.13. The van der Waals surface area contributed by atoms with Crippen molar-refractivity contribution in [1.82, 2.24) is 14.9 Å². The van der Waals surface area contributed by atoms with E-state index in [4.69, 9.17) is 0 Å². The van der Waals surface area contributed by atoms with Crippen molar-refractivity contribution in [1.29, 1.82) is 0 Å². The lowest BCUT2D eigenvalue weighted by Crippen LogP contribution is -2.35. The number of nitrogens with one attached hydrogen (secondary N) is 1. The third-order valence-corrected chi connectivity index (χ3v) is 4.15. The van der Waals surface area contributed by atoms with Gasteiger partial charge in [-0.2, -0.15) is 0 Å². The van der Waals surface area contributed by atoms with Crippen LogP contribution in [0.3, 0.4) is 0 Å². The number of aromatic amines is 1. The van der Waals surface area contributed by atoms with Gasteiger partial charge in [-0.1, -0.05) is 19.1 Å². The molecule has 0 fully saturated rings.